The molecule has 0 amide bonds. The molecule has 128 valence electrons. The van der Waals surface area contributed by atoms with Gasteiger partial charge in [0.25, 0.3) is 0 Å². The minimum absolute atomic E-state index is 0.241. The number of ether oxygens (including phenoxy) is 1. The second kappa shape index (κ2) is 7.85. The zero-order valence-electron chi connectivity index (χ0n) is 13.8. The second-order valence-electron chi connectivity index (χ2n) is 5.56. The SMILES string of the molecule is Cc1cc(Oc2ccc(Cl)c(C)c2)nc(SCc2ccc(F)cc2)n1. The molecule has 3 nitrogen and oxygen atoms in total. The topological polar surface area (TPSA) is 35.0 Å². The number of hydrogen-bond acceptors (Lipinski definition) is 4. The lowest BCUT2D eigenvalue weighted by Crippen LogP contribution is -1.95. The van der Waals surface area contributed by atoms with Crippen molar-refractivity contribution < 1.29 is 9.13 Å². The largest absolute Gasteiger partial charge is 0.439 e. The van der Waals surface area contributed by atoms with E-state index in [4.69, 9.17) is 16.3 Å². The Morgan fingerprint density at radius 1 is 1.04 bits per heavy atom. The summed E-state index contributed by atoms with van der Waals surface area (Å²) in [4.78, 5) is 8.85. The zero-order valence-corrected chi connectivity index (χ0v) is 15.4. The number of halogens is 2. The van der Waals surface area contributed by atoms with Crippen molar-refractivity contribution in [3.8, 4) is 11.6 Å². The van der Waals surface area contributed by atoms with Crippen molar-refractivity contribution in [3.05, 3.63) is 76.2 Å². The summed E-state index contributed by atoms with van der Waals surface area (Å²) in [6, 6.07) is 13.7. The minimum Gasteiger partial charge on any atom is -0.439 e. The Hall–Kier alpha value is -2.11. The average molecular weight is 375 g/mol. The standard InChI is InChI=1S/C19H16ClFN2OS/c1-12-9-16(7-8-17(12)20)24-18-10-13(2)22-19(23-18)25-11-14-3-5-15(21)6-4-14/h3-10H,11H2,1-2H3. The van der Waals surface area contributed by atoms with E-state index in [1.807, 2.05) is 19.9 Å². The van der Waals surface area contributed by atoms with Crippen molar-refractivity contribution in [1.82, 2.24) is 9.97 Å². The summed E-state index contributed by atoms with van der Waals surface area (Å²) in [6.07, 6.45) is 0. The Balaban J connectivity index is 1.73. The number of nitrogens with zero attached hydrogens (tertiary/aromatic N) is 2. The highest BCUT2D eigenvalue weighted by atomic mass is 35.5. The van der Waals surface area contributed by atoms with Crippen LogP contribution in [0.15, 0.2) is 53.7 Å². The highest BCUT2D eigenvalue weighted by molar-refractivity contribution is 7.98. The Morgan fingerprint density at radius 3 is 2.52 bits per heavy atom. The Labute approximate surface area is 155 Å². The normalized spacial score (nSPS) is 10.7. The summed E-state index contributed by atoms with van der Waals surface area (Å²) in [6.45, 7) is 3.81. The van der Waals surface area contributed by atoms with Gasteiger partial charge in [-0.05, 0) is 55.3 Å². The number of hydrogen-bond donors (Lipinski definition) is 0. The fourth-order valence-electron chi connectivity index (χ4n) is 2.16. The minimum atomic E-state index is -0.241. The van der Waals surface area contributed by atoms with Crippen LogP contribution in [0.5, 0.6) is 11.6 Å². The highest BCUT2D eigenvalue weighted by Crippen LogP contribution is 2.27. The molecule has 3 rings (SSSR count). The van der Waals surface area contributed by atoms with Crippen LogP contribution in [-0.4, -0.2) is 9.97 Å². The predicted molar refractivity (Wildman–Crippen MR) is 99.0 cm³/mol. The van der Waals surface area contributed by atoms with Gasteiger partial charge >= 0.3 is 0 Å². The molecule has 0 unspecified atom stereocenters. The Bertz CT molecular complexity index is 887. The molecule has 1 heterocycles. The summed E-state index contributed by atoms with van der Waals surface area (Å²) < 4.78 is 18.8. The van der Waals surface area contributed by atoms with Gasteiger partial charge in [0.05, 0.1) is 0 Å². The van der Waals surface area contributed by atoms with Crippen LogP contribution < -0.4 is 4.74 Å². The van der Waals surface area contributed by atoms with Gasteiger partial charge in [-0.2, -0.15) is 4.98 Å². The number of benzene rings is 2. The number of thioether (sulfide) groups is 1. The molecule has 0 N–H and O–H groups in total. The first kappa shape index (κ1) is 17.7. The third kappa shape index (κ3) is 4.94. The van der Waals surface area contributed by atoms with Gasteiger partial charge in [0.15, 0.2) is 5.16 Å². The molecule has 0 saturated heterocycles. The maximum Gasteiger partial charge on any atom is 0.223 e. The van der Waals surface area contributed by atoms with E-state index in [0.717, 1.165) is 16.8 Å². The number of rotatable bonds is 5. The van der Waals surface area contributed by atoms with E-state index >= 15 is 0 Å². The average Bonchev–Trinajstić information content (AvgIpc) is 2.57. The monoisotopic (exact) mass is 374 g/mol. The van der Waals surface area contributed by atoms with Gasteiger partial charge in [-0.3, -0.25) is 0 Å². The van der Waals surface area contributed by atoms with Gasteiger partial charge in [0, 0.05) is 22.5 Å². The van der Waals surface area contributed by atoms with Crippen LogP contribution in [0.25, 0.3) is 0 Å². The lowest BCUT2D eigenvalue weighted by molar-refractivity contribution is 0.454. The fourth-order valence-corrected chi connectivity index (χ4v) is 3.13. The molecular weight excluding hydrogens is 359 g/mol. The molecule has 0 saturated carbocycles. The molecule has 25 heavy (non-hydrogen) atoms. The third-order valence-electron chi connectivity index (χ3n) is 3.44. The number of aryl methyl sites for hydroxylation is 2. The van der Waals surface area contributed by atoms with Crippen molar-refractivity contribution in [2.75, 3.05) is 0 Å². The molecule has 2 aromatic carbocycles. The first-order chi connectivity index (χ1) is 12.0. The smallest absolute Gasteiger partial charge is 0.223 e. The molecular formula is C19H16ClFN2OS. The van der Waals surface area contributed by atoms with Crippen LogP contribution in [0, 0.1) is 19.7 Å². The first-order valence-corrected chi connectivity index (χ1v) is 9.03. The highest BCUT2D eigenvalue weighted by Gasteiger charge is 2.07. The Morgan fingerprint density at radius 2 is 1.80 bits per heavy atom. The summed E-state index contributed by atoms with van der Waals surface area (Å²) in [7, 11) is 0. The quantitative estimate of drug-likeness (QED) is 0.407. The van der Waals surface area contributed by atoms with Crippen molar-refractivity contribution in [3.63, 3.8) is 0 Å². The van der Waals surface area contributed by atoms with Crippen molar-refractivity contribution in [2.24, 2.45) is 0 Å². The van der Waals surface area contributed by atoms with E-state index in [9.17, 15) is 4.39 Å². The molecule has 0 radical (unpaired) electrons. The molecule has 1 aromatic heterocycles. The van der Waals surface area contributed by atoms with Crippen LogP contribution in [0.4, 0.5) is 4.39 Å². The van der Waals surface area contributed by atoms with Crippen LogP contribution >= 0.6 is 23.4 Å². The van der Waals surface area contributed by atoms with Gasteiger partial charge in [-0.1, -0.05) is 35.5 Å². The maximum absolute atomic E-state index is 13.0. The molecule has 0 bridgehead atoms. The first-order valence-electron chi connectivity index (χ1n) is 7.66. The molecule has 0 aliphatic carbocycles. The Kier molecular flexibility index (Phi) is 5.56. The van der Waals surface area contributed by atoms with Gasteiger partial charge < -0.3 is 4.74 Å². The van der Waals surface area contributed by atoms with Gasteiger partial charge in [0.1, 0.15) is 11.6 Å². The molecule has 0 aliphatic rings. The summed E-state index contributed by atoms with van der Waals surface area (Å²) in [5, 5.41) is 1.31. The lowest BCUT2D eigenvalue weighted by Gasteiger charge is -2.09. The van der Waals surface area contributed by atoms with E-state index in [1.54, 1.807) is 30.3 Å². The van der Waals surface area contributed by atoms with Crippen molar-refractivity contribution >= 4 is 23.4 Å². The summed E-state index contributed by atoms with van der Waals surface area (Å²) in [5.41, 5.74) is 2.76. The third-order valence-corrected chi connectivity index (χ3v) is 4.79. The van der Waals surface area contributed by atoms with E-state index in [1.165, 1.54) is 23.9 Å². The number of aromatic nitrogens is 2. The van der Waals surface area contributed by atoms with Gasteiger partial charge in [-0.15, -0.1) is 0 Å². The zero-order chi connectivity index (χ0) is 17.8. The molecule has 0 spiro atoms. The second-order valence-corrected chi connectivity index (χ2v) is 6.91. The molecule has 0 aliphatic heterocycles. The molecule has 0 fully saturated rings. The predicted octanol–water partition coefficient (Wildman–Crippen LogP) is 5.97. The van der Waals surface area contributed by atoms with Crippen molar-refractivity contribution in [2.45, 2.75) is 24.8 Å². The van der Waals surface area contributed by atoms with Crippen molar-refractivity contribution in [1.29, 1.82) is 0 Å². The molecule has 0 atom stereocenters. The van der Waals surface area contributed by atoms with Gasteiger partial charge in [0.2, 0.25) is 5.88 Å². The molecule has 3 aromatic rings. The van der Waals surface area contributed by atoms with Crippen LogP contribution in [0.2, 0.25) is 5.02 Å². The van der Waals surface area contributed by atoms with E-state index < -0.39 is 0 Å². The molecule has 6 heteroatoms. The van der Waals surface area contributed by atoms with E-state index in [-0.39, 0.29) is 5.82 Å². The van der Waals surface area contributed by atoms with E-state index in [2.05, 4.69) is 9.97 Å². The maximum atomic E-state index is 13.0. The van der Waals surface area contributed by atoms with Crippen LogP contribution in [-0.2, 0) is 5.75 Å². The summed E-state index contributed by atoms with van der Waals surface area (Å²) >= 11 is 7.51. The van der Waals surface area contributed by atoms with Crippen LogP contribution in [0.1, 0.15) is 16.8 Å². The van der Waals surface area contributed by atoms with Gasteiger partial charge in [-0.25, -0.2) is 9.37 Å². The van der Waals surface area contributed by atoms with Crippen LogP contribution in [0.3, 0.4) is 0 Å². The lowest BCUT2D eigenvalue weighted by atomic mass is 10.2. The summed E-state index contributed by atoms with van der Waals surface area (Å²) in [5.74, 6) is 1.57. The van der Waals surface area contributed by atoms with E-state index in [0.29, 0.717) is 27.6 Å². The fraction of sp³-hybridized carbons (Fsp3) is 0.158.